The van der Waals surface area contributed by atoms with Gasteiger partial charge in [0.05, 0.1) is 0 Å². The van der Waals surface area contributed by atoms with Crippen LogP contribution in [0.2, 0.25) is 0 Å². The average molecular weight is 210 g/mol. The number of rotatable bonds is 2. The van der Waals surface area contributed by atoms with Gasteiger partial charge < -0.3 is 4.89 Å². The molecular weight excluding hydrogens is 199 g/mol. The van der Waals surface area contributed by atoms with Gasteiger partial charge in [0.25, 0.3) is 0 Å². The van der Waals surface area contributed by atoms with Crippen LogP contribution in [0.1, 0.15) is 13.3 Å². The topological polar surface area (TPSA) is 63.6 Å². The first-order valence-corrected chi connectivity index (χ1v) is 6.48. The van der Waals surface area contributed by atoms with Crippen LogP contribution in [0, 0.1) is 5.92 Å². The summed E-state index contributed by atoms with van der Waals surface area (Å²) < 4.78 is 15.6. The predicted octanol–water partition coefficient (Wildman–Crippen LogP) is 1.44. The van der Waals surface area contributed by atoms with Crippen molar-refractivity contribution >= 4 is 24.5 Å². The quantitative estimate of drug-likeness (QED) is 0.699. The van der Waals surface area contributed by atoms with E-state index < -0.39 is 13.0 Å². The van der Waals surface area contributed by atoms with Gasteiger partial charge in [0.15, 0.2) is 5.12 Å². The monoisotopic (exact) mass is 210 g/mol. The van der Waals surface area contributed by atoms with E-state index in [4.69, 9.17) is 9.42 Å². The third kappa shape index (κ3) is 2.90. The molecule has 0 bridgehead atoms. The second kappa shape index (κ2) is 3.50. The van der Waals surface area contributed by atoms with Crippen LogP contribution >= 0.6 is 19.4 Å². The molecule has 6 heteroatoms. The number of thioether (sulfide) groups is 1. The Hall–Kier alpha value is 0.170. The molecular formula is C6H11O4PS. The number of hydrogen-bond donors (Lipinski definition) is 1. The summed E-state index contributed by atoms with van der Waals surface area (Å²) in [5.41, 5.74) is -0.437. The summed E-state index contributed by atoms with van der Waals surface area (Å²) in [5, 5.41) is 0.0356. The summed E-state index contributed by atoms with van der Waals surface area (Å²) in [5.74, 6) is -0.0634. The predicted molar refractivity (Wildman–Crippen MR) is 47.0 cm³/mol. The standard InChI is InChI=1S/C6H11O4PS/c1-4-3-5(12-6(4)7)10-11(2,8)9/h4-5H,3H2,1-2H3,(H,8,9). The highest BCUT2D eigenvalue weighted by molar-refractivity contribution is 8.14. The van der Waals surface area contributed by atoms with Crippen LogP contribution in [0.5, 0.6) is 0 Å². The zero-order valence-electron chi connectivity index (χ0n) is 6.89. The van der Waals surface area contributed by atoms with Crippen LogP contribution in [-0.4, -0.2) is 22.1 Å². The van der Waals surface area contributed by atoms with Gasteiger partial charge in [-0.3, -0.25) is 13.9 Å². The van der Waals surface area contributed by atoms with Gasteiger partial charge in [-0.15, -0.1) is 0 Å². The van der Waals surface area contributed by atoms with Crippen molar-refractivity contribution in [2.45, 2.75) is 18.8 Å². The summed E-state index contributed by atoms with van der Waals surface area (Å²) in [7, 11) is -3.44. The van der Waals surface area contributed by atoms with Crippen molar-refractivity contribution in [3.05, 3.63) is 0 Å². The molecule has 0 aromatic carbocycles. The summed E-state index contributed by atoms with van der Waals surface area (Å²) >= 11 is 1.01. The van der Waals surface area contributed by atoms with E-state index in [1.54, 1.807) is 6.92 Å². The molecule has 1 rings (SSSR count). The Labute approximate surface area is 75.2 Å². The van der Waals surface area contributed by atoms with E-state index >= 15 is 0 Å². The maximum Gasteiger partial charge on any atom is 0.326 e. The molecule has 0 radical (unpaired) electrons. The molecule has 1 saturated heterocycles. The fraction of sp³-hybridized carbons (Fsp3) is 0.833. The molecule has 70 valence electrons. The van der Waals surface area contributed by atoms with Gasteiger partial charge in [-0.25, -0.2) is 0 Å². The van der Waals surface area contributed by atoms with Crippen molar-refractivity contribution in [3.8, 4) is 0 Å². The van der Waals surface area contributed by atoms with Gasteiger partial charge in [0, 0.05) is 12.6 Å². The van der Waals surface area contributed by atoms with Crippen molar-refractivity contribution in [1.82, 2.24) is 0 Å². The third-order valence-corrected chi connectivity index (χ3v) is 3.48. The highest BCUT2D eigenvalue weighted by Gasteiger charge is 2.33. The molecule has 12 heavy (non-hydrogen) atoms. The Kier molecular flexibility index (Phi) is 2.99. The van der Waals surface area contributed by atoms with E-state index in [0.717, 1.165) is 18.4 Å². The Bertz CT molecular complexity index is 236. The lowest BCUT2D eigenvalue weighted by Crippen LogP contribution is -2.02. The highest BCUT2D eigenvalue weighted by atomic mass is 32.2. The molecule has 1 fully saturated rings. The van der Waals surface area contributed by atoms with Crippen LogP contribution < -0.4 is 0 Å². The minimum absolute atomic E-state index is 0.0356. The second-order valence-corrected chi connectivity index (χ2v) is 5.89. The first-order chi connectivity index (χ1) is 5.38. The van der Waals surface area contributed by atoms with E-state index in [2.05, 4.69) is 0 Å². The third-order valence-electron chi connectivity index (χ3n) is 1.51. The fourth-order valence-corrected chi connectivity index (χ4v) is 3.11. The largest absolute Gasteiger partial charge is 0.326 e. The van der Waals surface area contributed by atoms with Crippen molar-refractivity contribution < 1.29 is 18.8 Å². The SMILES string of the molecule is CC1CC(OP(C)(=O)O)SC1=O. The lowest BCUT2D eigenvalue weighted by molar-refractivity contribution is -0.113. The first kappa shape index (κ1) is 10.3. The van der Waals surface area contributed by atoms with Gasteiger partial charge in [-0.1, -0.05) is 18.7 Å². The normalized spacial score (nSPS) is 35.1. The summed E-state index contributed by atoms with van der Waals surface area (Å²) in [6.07, 6.45) is 0.530. The number of carbonyl (C=O) groups is 1. The maximum atomic E-state index is 11.0. The average Bonchev–Trinajstić information content (AvgIpc) is 2.07. The highest BCUT2D eigenvalue weighted by Crippen LogP contribution is 2.45. The van der Waals surface area contributed by atoms with E-state index in [9.17, 15) is 9.36 Å². The molecule has 1 aliphatic rings. The van der Waals surface area contributed by atoms with E-state index in [1.165, 1.54) is 0 Å². The molecule has 3 atom stereocenters. The van der Waals surface area contributed by atoms with Crippen molar-refractivity contribution in [1.29, 1.82) is 0 Å². The Morgan fingerprint density at radius 1 is 1.75 bits per heavy atom. The minimum Gasteiger partial charge on any atom is -0.324 e. The number of hydrogen-bond acceptors (Lipinski definition) is 4. The molecule has 1 aliphatic heterocycles. The van der Waals surface area contributed by atoms with E-state index in [-0.39, 0.29) is 11.0 Å². The molecule has 0 saturated carbocycles. The Morgan fingerprint density at radius 3 is 2.67 bits per heavy atom. The molecule has 3 unspecified atom stereocenters. The van der Waals surface area contributed by atoms with Gasteiger partial charge in [0.2, 0.25) is 0 Å². The summed E-state index contributed by atoms with van der Waals surface area (Å²) in [6, 6.07) is 0. The lowest BCUT2D eigenvalue weighted by Gasteiger charge is -2.11. The Balaban J connectivity index is 2.48. The summed E-state index contributed by atoms with van der Waals surface area (Å²) in [4.78, 5) is 19.8. The molecule has 0 amide bonds. The van der Waals surface area contributed by atoms with Gasteiger partial charge in [-0.2, -0.15) is 0 Å². The molecule has 0 spiro atoms. The number of carbonyl (C=O) groups excluding carboxylic acids is 1. The van der Waals surface area contributed by atoms with E-state index in [0.29, 0.717) is 6.42 Å². The van der Waals surface area contributed by atoms with Gasteiger partial charge >= 0.3 is 7.60 Å². The Morgan fingerprint density at radius 2 is 2.33 bits per heavy atom. The smallest absolute Gasteiger partial charge is 0.324 e. The molecule has 0 aromatic rings. The summed E-state index contributed by atoms with van der Waals surface area (Å²) in [6.45, 7) is 2.91. The van der Waals surface area contributed by atoms with Crippen molar-refractivity contribution in [2.75, 3.05) is 6.66 Å². The lowest BCUT2D eigenvalue weighted by atomic mass is 10.1. The second-order valence-electron chi connectivity index (χ2n) is 2.91. The zero-order valence-corrected chi connectivity index (χ0v) is 8.60. The van der Waals surface area contributed by atoms with Crippen LogP contribution in [-0.2, 0) is 13.9 Å². The van der Waals surface area contributed by atoms with Crippen molar-refractivity contribution in [3.63, 3.8) is 0 Å². The van der Waals surface area contributed by atoms with Crippen LogP contribution in [0.4, 0.5) is 0 Å². The van der Waals surface area contributed by atoms with Gasteiger partial charge in [0.1, 0.15) is 5.44 Å². The maximum absolute atomic E-state index is 11.0. The van der Waals surface area contributed by atoms with Crippen LogP contribution in [0.3, 0.4) is 0 Å². The molecule has 4 nitrogen and oxygen atoms in total. The minimum atomic E-state index is -3.44. The zero-order chi connectivity index (χ0) is 9.35. The molecule has 0 aromatic heterocycles. The van der Waals surface area contributed by atoms with Crippen molar-refractivity contribution in [2.24, 2.45) is 5.92 Å². The first-order valence-electron chi connectivity index (χ1n) is 3.57. The fourth-order valence-electron chi connectivity index (χ4n) is 0.961. The van der Waals surface area contributed by atoms with E-state index in [1.807, 2.05) is 0 Å². The molecule has 1 heterocycles. The molecule has 0 aliphatic carbocycles. The van der Waals surface area contributed by atoms with Crippen LogP contribution in [0.25, 0.3) is 0 Å². The van der Waals surface area contributed by atoms with Gasteiger partial charge in [-0.05, 0) is 6.42 Å². The van der Waals surface area contributed by atoms with Crippen LogP contribution in [0.15, 0.2) is 0 Å². The molecule has 1 N–H and O–H groups in total.